The maximum atomic E-state index is 12.0. The highest BCUT2D eigenvalue weighted by Crippen LogP contribution is 2.57. The molecule has 4 rings (SSSR count). The lowest BCUT2D eigenvalue weighted by molar-refractivity contribution is -0.0361. The van der Waals surface area contributed by atoms with Crippen molar-refractivity contribution in [3.63, 3.8) is 0 Å². The van der Waals surface area contributed by atoms with Crippen molar-refractivity contribution >= 4 is 5.91 Å². The van der Waals surface area contributed by atoms with E-state index in [0.29, 0.717) is 30.2 Å². The maximum Gasteiger partial charge on any atom is 0.252 e. The SMILES string of the molecule is CC(C)=CCN1CCC23CC1Cc1ccc(C(N)=O)c(c12)OC3C(O)CCCO. The van der Waals surface area contributed by atoms with E-state index >= 15 is 0 Å². The lowest BCUT2D eigenvalue weighted by Crippen LogP contribution is -2.58. The molecule has 0 radical (unpaired) electrons. The van der Waals surface area contributed by atoms with E-state index in [0.717, 1.165) is 37.9 Å². The monoisotopic (exact) mass is 400 g/mol. The molecule has 1 aromatic carbocycles. The molecule has 4 N–H and O–H groups in total. The molecule has 1 amide bonds. The molecule has 1 fully saturated rings. The number of carbonyl (C=O) groups excluding carboxylic acids is 1. The van der Waals surface area contributed by atoms with Gasteiger partial charge in [0.05, 0.1) is 11.7 Å². The molecule has 1 aliphatic carbocycles. The van der Waals surface area contributed by atoms with E-state index in [-0.39, 0.29) is 12.0 Å². The zero-order chi connectivity index (χ0) is 20.8. The highest BCUT2D eigenvalue weighted by atomic mass is 16.5. The second-order valence-electron chi connectivity index (χ2n) is 9.06. The van der Waals surface area contributed by atoms with Crippen LogP contribution >= 0.6 is 0 Å². The number of amides is 1. The number of piperidine rings is 1. The van der Waals surface area contributed by atoms with Crippen LogP contribution in [0.5, 0.6) is 5.75 Å². The van der Waals surface area contributed by atoms with Crippen molar-refractivity contribution in [3.8, 4) is 5.75 Å². The normalized spacial score (nSPS) is 28.4. The van der Waals surface area contributed by atoms with Crippen LogP contribution in [0.4, 0.5) is 0 Å². The number of hydrogen-bond acceptors (Lipinski definition) is 5. The summed E-state index contributed by atoms with van der Waals surface area (Å²) in [6, 6.07) is 4.18. The highest BCUT2D eigenvalue weighted by Gasteiger charge is 2.58. The summed E-state index contributed by atoms with van der Waals surface area (Å²) in [4.78, 5) is 14.6. The fourth-order valence-corrected chi connectivity index (χ4v) is 5.59. The Hall–Kier alpha value is -1.89. The maximum absolute atomic E-state index is 12.0. The van der Waals surface area contributed by atoms with Gasteiger partial charge in [-0.05, 0) is 64.1 Å². The number of rotatable bonds is 7. The van der Waals surface area contributed by atoms with Crippen molar-refractivity contribution in [2.45, 2.75) is 69.6 Å². The molecule has 29 heavy (non-hydrogen) atoms. The summed E-state index contributed by atoms with van der Waals surface area (Å²) in [6.07, 6.45) is 4.89. The molecule has 0 saturated carbocycles. The second kappa shape index (κ2) is 7.74. The number of ether oxygens (including phenoxy) is 1. The van der Waals surface area contributed by atoms with Crippen LogP contribution in [0, 0.1) is 0 Å². The first-order chi connectivity index (χ1) is 13.9. The van der Waals surface area contributed by atoms with Crippen LogP contribution in [-0.2, 0) is 11.8 Å². The largest absolute Gasteiger partial charge is 0.486 e. The van der Waals surface area contributed by atoms with Gasteiger partial charge in [-0.15, -0.1) is 0 Å². The Kier molecular flexibility index (Phi) is 5.44. The van der Waals surface area contributed by atoms with E-state index in [9.17, 15) is 15.0 Å². The van der Waals surface area contributed by atoms with Crippen LogP contribution in [0.1, 0.15) is 61.0 Å². The van der Waals surface area contributed by atoms with E-state index in [1.165, 1.54) is 11.1 Å². The van der Waals surface area contributed by atoms with Crippen molar-refractivity contribution in [1.29, 1.82) is 0 Å². The minimum absolute atomic E-state index is 0.0423. The zero-order valence-corrected chi connectivity index (χ0v) is 17.4. The molecule has 4 atom stereocenters. The average molecular weight is 401 g/mol. The molecule has 6 nitrogen and oxygen atoms in total. The van der Waals surface area contributed by atoms with Crippen LogP contribution in [0.15, 0.2) is 23.8 Å². The molecule has 1 spiro atoms. The fraction of sp³-hybridized carbons (Fsp3) is 0.609. The van der Waals surface area contributed by atoms with Crippen LogP contribution in [0.3, 0.4) is 0 Å². The number of aliphatic hydroxyl groups excluding tert-OH is 2. The molecule has 2 bridgehead atoms. The number of carbonyl (C=O) groups is 1. The second-order valence-corrected chi connectivity index (χ2v) is 9.06. The van der Waals surface area contributed by atoms with Crippen molar-refractivity contribution in [2.75, 3.05) is 19.7 Å². The Bertz CT molecular complexity index is 832. The summed E-state index contributed by atoms with van der Waals surface area (Å²) < 4.78 is 6.33. The predicted octanol–water partition coefficient (Wildman–Crippen LogP) is 1.90. The summed E-state index contributed by atoms with van der Waals surface area (Å²) in [5.41, 5.74) is 9.36. The Labute approximate surface area is 172 Å². The summed E-state index contributed by atoms with van der Waals surface area (Å²) in [7, 11) is 0. The third-order valence-electron chi connectivity index (χ3n) is 6.96. The predicted molar refractivity (Wildman–Crippen MR) is 111 cm³/mol. The van der Waals surface area contributed by atoms with Gasteiger partial charge in [0, 0.05) is 30.2 Å². The molecular formula is C23H32N2O4. The number of nitrogens with zero attached hydrogens (tertiary/aromatic N) is 1. The lowest BCUT2D eigenvalue weighted by Gasteiger charge is -2.51. The number of nitrogens with two attached hydrogens (primary N) is 1. The number of likely N-dealkylation sites (tertiary alicyclic amines) is 1. The van der Waals surface area contributed by atoms with Crippen molar-refractivity contribution in [3.05, 3.63) is 40.5 Å². The Morgan fingerprint density at radius 2 is 2.24 bits per heavy atom. The summed E-state index contributed by atoms with van der Waals surface area (Å²) in [5.74, 6) is 0.0887. The molecule has 4 unspecified atom stereocenters. The van der Waals surface area contributed by atoms with E-state index in [4.69, 9.17) is 10.5 Å². The molecule has 1 saturated heterocycles. The van der Waals surface area contributed by atoms with Crippen LogP contribution < -0.4 is 10.5 Å². The Morgan fingerprint density at radius 3 is 2.93 bits per heavy atom. The van der Waals surface area contributed by atoms with Gasteiger partial charge in [-0.3, -0.25) is 9.69 Å². The quantitative estimate of drug-likeness (QED) is 0.608. The van der Waals surface area contributed by atoms with Gasteiger partial charge in [-0.25, -0.2) is 0 Å². The minimum atomic E-state index is -0.689. The number of allylic oxidation sites excluding steroid dienone is 1. The Balaban J connectivity index is 1.75. The molecule has 3 aliphatic rings. The summed E-state index contributed by atoms with van der Waals surface area (Å²) in [6.45, 7) is 6.15. The van der Waals surface area contributed by atoms with E-state index in [1.807, 2.05) is 6.07 Å². The summed E-state index contributed by atoms with van der Waals surface area (Å²) in [5, 5.41) is 20.2. The fourth-order valence-electron chi connectivity index (χ4n) is 5.59. The van der Waals surface area contributed by atoms with Crippen LogP contribution in [0.2, 0.25) is 0 Å². The molecule has 0 aromatic heterocycles. The summed E-state index contributed by atoms with van der Waals surface area (Å²) >= 11 is 0. The van der Waals surface area contributed by atoms with Crippen molar-refractivity contribution in [1.82, 2.24) is 4.90 Å². The standard InChI is InChI=1S/C23H32N2O4/c1-14(2)7-9-25-10-8-23-13-16(25)12-15-5-6-17(22(24)28)20(19(15)23)29-21(23)18(27)4-3-11-26/h5-7,16,18,21,26-27H,3-4,8-13H2,1-2H3,(H2,24,28). The van der Waals surface area contributed by atoms with Crippen LogP contribution in [0.25, 0.3) is 0 Å². The molecular weight excluding hydrogens is 368 g/mol. The van der Waals surface area contributed by atoms with Crippen LogP contribution in [-0.4, -0.2) is 59.0 Å². The average Bonchev–Trinajstić information content (AvgIpc) is 3.01. The van der Waals surface area contributed by atoms with Gasteiger partial charge in [-0.2, -0.15) is 0 Å². The van der Waals surface area contributed by atoms with Gasteiger partial charge in [0.2, 0.25) is 0 Å². The number of hydrogen-bond donors (Lipinski definition) is 3. The molecule has 2 heterocycles. The van der Waals surface area contributed by atoms with Gasteiger partial charge < -0.3 is 20.7 Å². The number of primary amides is 1. The number of benzene rings is 1. The van der Waals surface area contributed by atoms with E-state index in [2.05, 4.69) is 24.8 Å². The van der Waals surface area contributed by atoms with Gasteiger partial charge >= 0.3 is 0 Å². The third kappa shape index (κ3) is 3.37. The van der Waals surface area contributed by atoms with Gasteiger partial charge in [-0.1, -0.05) is 17.7 Å². The lowest BCUT2D eigenvalue weighted by atomic mass is 9.60. The van der Waals surface area contributed by atoms with Crippen molar-refractivity contribution in [2.24, 2.45) is 5.73 Å². The molecule has 1 aromatic rings. The number of aliphatic hydroxyl groups is 2. The first kappa shape index (κ1) is 20.4. The Morgan fingerprint density at radius 1 is 1.45 bits per heavy atom. The van der Waals surface area contributed by atoms with E-state index < -0.39 is 18.1 Å². The highest BCUT2D eigenvalue weighted by molar-refractivity contribution is 5.96. The zero-order valence-electron chi connectivity index (χ0n) is 17.4. The third-order valence-corrected chi connectivity index (χ3v) is 6.96. The first-order valence-corrected chi connectivity index (χ1v) is 10.7. The van der Waals surface area contributed by atoms with Gasteiger partial charge in [0.15, 0.2) is 0 Å². The molecule has 6 heteroatoms. The minimum Gasteiger partial charge on any atom is -0.486 e. The van der Waals surface area contributed by atoms with E-state index in [1.54, 1.807) is 6.07 Å². The van der Waals surface area contributed by atoms with Gasteiger partial charge in [0.1, 0.15) is 11.9 Å². The molecule has 158 valence electrons. The van der Waals surface area contributed by atoms with Gasteiger partial charge in [0.25, 0.3) is 5.91 Å². The molecule has 2 aliphatic heterocycles. The smallest absolute Gasteiger partial charge is 0.252 e. The first-order valence-electron chi connectivity index (χ1n) is 10.7. The topological polar surface area (TPSA) is 96.0 Å². The number of fused-ring (bicyclic) bond motifs is 1. The van der Waals surface area contributed by atoms with Crippen molar-refractivity contribution < 1.29 is 19.7 Å².